The fourth-order valence-corrected chi connectivity index (χ4v) is 6.63. The van der Waals surface area contributed by atoms with E-state index in [4.69, 9.17) is 14.2 Å². The van der Waals surface area contributed by atoms with Gasteiger partial charge in [-0.3, -0.25) is 0 Å². The lowest BCUT2D eigenvalue weighted by atomic mass is 9.82. The molecule has 2 heterocycles. The number of ether oxygens (including phenoxy) is 2. The second kappa shape index (κ2) is 10.6. The van der Waals surface area contributed by atoms with Gasteiger partial charge in [0.1, 0.15) is 34.6 Å². The molecule has 4 atom stereocenters. The SMILES string of the molecule is N#Cc1cccc2nc(N[C@H]3[C@@H]4CC[C@H]3C[C@H](OCc3c(-c5ccccc5OC(F)(F)F)noc3C3CC3)C4)cnc12. The van der Waals surface area contributed by atoms with Crippen LogP contribution in [0.2, 0.25) is 0 Å². The number of fused-ring (bicyclic) bond motifs is 3. The number of benzene rings is 2. The summed E-state index contributed by atoms with van der Waals surface area (Å²) in [7, 11) is 0. The molecule has 3 fully saturated rings. The average Bonchev–Trinajstić information content (AvgIpc) is 3.69. The largest absolute Gasteiger partial charge is 0.573 e. The van der Waals surface area contributed by atoms with Gasteiger partial charge < -0.3 is 19.3 Å². The van der Waals surface area contributed by atoms with E-state index in [0.29, 0.717) is 51.3 Å². The molecule has 3 aliphatic rings. The maximum absolute atomic E-state index is 13.1. The van der Waals surface area contributed by atoms with Crippen molar-refractivity contribution in [3.05, 3.63) is 65.5 Å². The minimum Gasteiger partial charge on any atom is -0.405 e. The molecule has 8 nitrogen and oxygen atoms in total. The Bertz CT molecular complexity index is 1650. The third-order valence-corrected chi connectivity index (χ3v) is 8.66. The first kappa shape index (κ1) is 26.7. The molecular formula is C31H28F3N5O3. The van der Waals surface area contributed by atoms with Crippen molar-refractivity contribution in [1.82, 2.24) is 15.1 Å². The average molecular weight is 576 g/mol. The number of halogens is 3. The zero-order valence-electron chi connectivity index (χ0n) is 22.6. The van der Waals surface area contributed by atoms with Crippen molar-refractivity contribution < 1.29 is 27.2 Å². The van der Waals surface area contributed by atoms with Crippen molar-refractivity contribution in [1.29, 1.82) is 5.26 Å². The standard InChI is InChI=1S/C31H28F3N5O3/c32-31(33,34)41-25-7-2-1-5-22(25)29-23(30(42-39-29)17-8-9-17)16-40-21-12-18-10-11-19(13-21)27(18)38-26-15-36-28-20(14-35)4-3-6-24(28)37-26/h1-7,15,17-19,21,27H,8-13,16H2,(H,37,38)/t18-,19+,21-,27+. The molecule has 3 saturated carbocycles. The summed E-state index contributed by atoms with van der Waals surface area (Å²) in [6.45, 7) is 0.213. The van der Waals surface area contributed by atoms with E-state index in [1.54, 1.807) is 24.4 Å². The summed E-state index contributed by atoms with van der Waals surface area (Å²) in [5.74, 6) is 2.07. The third-order valence-electron chi connectivity index (χ3n) is 8.66. The van der Waals surface area contributed by atoms with E-state index in [-0.39, 0.29) is 36.0 Å². The Morgan fingerprint density at radius 1 is 1.02 bits per heavy atom. The van der Waals surface area contributed by atoms with Crippen LogP contribution >= 0.6 is 0 Å². The van der Waals surface area contributed by atoms with Crippen LogP contribution in [0, 0.1) is 23.2 Å². The number of nitrogens with zero attached hydrogens (tertiary/aromatic N) is 4. The highest BCUT2D eigenvalue weighted by molar-refractivity contribution is 5.81. The summed E-state index contributed by atoms with van der Waals surface area (Å²) in [6, 6.07) is 13.8. The van der Waals surface area contributed by atoms with Crippen LogP contribution < -0.4 is 10.1 Å². The van der Waals surface area contributed by atoms with E-state index in [2.05, 4.69) is 26.3 Å². The van der Waals surface area contributed by atoms with E-state index in [1.807, 2.05) is 12.1 Å². The molecule has 4 aromatic rings. The van der Waals surface area contributed by atoms with Crippen LogP contribution in [0.1, 0.15) is 61.3 Å². The number of anilines is 1. The fourth-order valence-electron chi connectivity index (χ4n) is 6.63. The molecule has 3 aliphatic carbocycles. The van der Waals surface area contributed by atoms with Gasteiger partial charge in [0, 0.05) is 23.1 Å². The first-order valence-corrected chi connectivity index (χ1v) is 14.2. The van der Waals surface area contributed by atoms with Gasteiger partial charge in [0.25, 0.3) is 0 Å². The molecule has 0 spiro atoms. The first-order valence-electron chi connectivity index (χ1n) is 14.2. The van der Waals surface area contributed by atoms with Gasteiger partial charge >= 0.3 is 6.36 Å². The first-order chi connectivity index (χ1) is 20.4. The molecule has 0 aliphatic heterocycles. The number of nitrogens with one attached hydrogen (secondary N) is 1. The molecule has 0 unspecified atom stereocenters. The van der Waals surface area contributed by atoms with Crippen LogP contribution in [0.5, 0.6) is 5.75 Å². The number of hydrogen-bond acceptors (Lipinski definition) is 8. The minimum absolute atomic E-state index is 0.0119. The Labute approximate surface area is 239 Å². The zero-order valence-corrected chi connectivity index (χ0v) is 22.6. The molecule has 2 aromatic heterocycles. The van der Waals surface area contributed by atoms with Crippen LogP contribution in [0.25, 0.3) is 22.3 Å². The molecule has 216 valence electrons. The van der Waals surface area contributed by atoms with E-state index in [1.165, 1.54) is 12.1 Å². The highest BCUT2D eigenvalue weighted by Crippen LogP contribution is 2.47. The number of alkyl halides is 3. The predicted octanol–water partition coefficient (Wildman–Crippen LogP) is 7.12. The van der Waals surface area contributed by atoms with Gasteiger partial charge in [0.2, 0.25) is 0 Å². The second-order valence-electron chi connectivity index (χ2n) is 11.4. The molecule has 0 saturated heterocycles. The van der Waals surface area contributed by atoms with E-state index >= 15 is 0 Å². The monoisotopic (exact) mass is 575 g/mol. The lowest BCUT2D eigenvalue weighted by molar-refractivity contribution is -0.274. The van der Waals surface area contributed by atoms with Gasteiger partial charge in [0.05, 0.1) is 30.0 Å². The van der Waals surface area contributed by atoms with Gasteiger partial charge in [-0.15, -0.1) is 13.2 Å². The topological polar surface area (TPSA) is 106 Å². The quantitative estimate of drug-likeness (QED) is 0.237. The smallest absolute Gasteiger partial charge is 0.405 e. The summed E-state index contributed by atoms with van der Waals surface area (Å²) in [5, 5.41) is 17.1. The van der Waals surface area contributed by atoms with Crippen molar-refractivity contribution in [2.24, 2.45) is 11.8 Å². The maximum atomic E-state index is 13.1. The Kier molecular flexibility index (Phi) is 6.73. The summed E-state index contributed by atoms with van der Waals surface area (Å²) >= 11 is 0. The highest BCUT2D eigenvalue weighted by Gasteiger charge is 2.44. The van der Waals surface area contributed by atoms with Crippen molar-refractivity contribution in [3.8, 4) is 23.1 Å². The Morgan fingerprint density at radius 3 is 2.55 bits per heavy atom. The zero-order chi connectivity index (χ0) is 28.8. The molecular weight excluding hydrogens is 547 g/mol. The van der Waals surface area contributed by atoms with E-state index in [0.717, 1.165) is 38.5 Å². The minimum atomic E-state index is -4.82. The molecule has 42 heavy (non-hydrogen) atoms. The lowest BCUT2D eigenvalue weighted by Gasteiger charge is -2.36. The van der Waals surface area contributed by atoms with Gasteiger partial charge in [-0.25, -0.2) is 9.97 Å². The van der Waals surface area contributed by atoms with Crippen molar-refractivity contribution in [2.75, 3.05) is 5.32 Å². The summed E-state index contributed by atoms with van der Waals surface area (Å²) in [4.78, 5) is 9.20. The van der Waals surface area contributed by atoms with Gasteiger partial charge in [-0.05, 0) is 74.6 Å². The van der Waals surface area contributed by atoms with Crippen LogP contribution in [0.4, 0.5) is 19.0 Å². The molecule has 7 rings (SSSR count). The summed E-state index contributed by atoms with van der Waals surface area (Å²) < 4.78 is 55.8. The predicted molar refractivity (Wildman–Crippen MR) is 146 cm³/mol. The van der Waals surface area contributed by atoms with Crippen LogP contribution in [-0.4, -0.2) is 33.6 Å². The molecule has 0 radical (unpaired) electrons. The Hall–Kier alpha value is -4.17. The van der Waals surface area contributed by atoms with Gasteiger partial charge in [-0.2, -0.15) is 5.26 Å². The molecule has 11 heteroatoms. The molecule has 1 N–H and O–H groups in total. The van der Waals surface area contributed by atoms with Crippen LogP contribution in [0.15, 0.2) is 53.2 Å². The number of rotatable bonds is 8. The number of para-hydroxylation sites is 2. The molecule has 2 aromatic carbocycles. The third kappa shape index (κ3) is 5.27. The Morgan fingerprint density at radius 2 is 1.81 bits per heavy atom. The van der Waals surface area contributed by atoms with Gasteiger partial charge in [-0.1, -0.05) is 23.4 Å². The number of aromatic nitrogens is 3. The van der Waals surface area contributed by atoms with Crippen LogP contribution in [-0.2, 0) is 11.3 Å². The summed E-state index contributed by atoms with van der Waals surface area (Å²) in [5.41, 5.74) is 3.05. The van der Waals surface area contributed by atoms with Crippen LogP contribution in [0.3, 0.4) is 0 Å². The van der Waals surface area contributed by atoms with Crippen molar-refractivity contribution in [2.45, 2.75) is 69.6 Å². The lowest BCUT2D eigenvalue weighted by Crippen LogP contribution is -2.39. The Balaban J connectivity index is 1.06. The maximum Gasteiger partial charge on any atom is 0.573 e. The molecule has 2 bridgehead atoms. The number of nitriles is 1. The molecule has 0 amide bonds. The van der Waals surface area contributed by atoms with E-state index in [9.17, 15) is 18.4 Å². The highest BCUT2D eigenvalue weighted by atomic mass is 19.4. The van der Waals surface area contributed by atoms with E-state index < -0.39 is 6.36 Å². The fraction of sp³-hybridized carbons (Fsp3) is 0.419. The number of hydrogen-bond donors (Lipinski definition) is 1. The normalized spacial score (nSPS) is 23.6. The summed E-state index contributed by atoms with van der Waals surface area (Å²) in [6.07, 6.45) is 2.68. The second-order valence-corrected chi connectivity index (χ2v) is 11.4. The van der Waals surface area contributed by atoms with Crippen molar-refractivity contribution >= 4 is 16.9 Å². The van der Waals surface area contributed by atoms with Crippen molar-refractivity contribution in [3.63, 3.8) is 0 Å². The van der Waals surface area contributed by atoms with Gasteiger partial charge in [0.15, 0.2) is 0 Å².